The van der Waals surface area contributed by atoms with E-state index in [1.165, 1.54) is 0 Å². The van der Waals surface area contributed by atoms with Gasteiger partial charge in [0.15, 0.2) is 0 Å². The fourth-order valence-corrected chi connectivity index (χ4v) is 1.74. The number of carbonyl (C=O) groups excluding carboxylic acids is 1. The number of amides is 1. The zero-order valence-electron chi connectivity index (χ0n) is 11.2. The molecule has 0 radical (unpaired) electrons. The van der Waals surface area contributed by atoms with E-state index < -0.39 is 0 Å². The van der Waals surface area contributed by atoms with E-state index in [9.17, 15) is 4.79 Å². The number of nitrogens with one attached hydrogen (secondary N) is 2. The molecule has 0 bridgehead atoms. The molecule has 100 valence electrons. The second-order valence-electron chi connectivity index (χ2n) is 4.64. The summed E-state index contributed by atoms with van der Waals surface area (Å²) in [6.07, 6.45) is 2.11. The smallest absolute Gasteiger partial charge is 0.221 e. The molecule has 0 aliphatic heterocycles. The lowest BCUT2D eigenvalue weighted by atomic mass is 10.3. The molecule has 1 aromatic heterocycles. The van der Waals surface area contributed by atoms with E-state index >= 15 is 0 Å². The highest BCUT2D eigenvalue weighted by Crippen LogP contribution is 2.10. The van der Waals surface area contributed by atoms with Gasteiger partial charge in [0.05, 0.1) is 17.2 Å². The van der Waals surface area contributed by atoms with Gasteiger partial charge in [0.1, 0.15) is 5.82 Å². The van der Waals surface area contributed by atoms with Crippen molar-refractivity contribution in [1.82, 2.24) is 15.3 Å². The SMILES string of the molecule is CC(C)NC(=O)CCNc1cnc2ccccc2n1. The zero-order valence-corrected chi connectivity index (χ0v) is 11.2. The maximum absolute atomic E-state index is 11.5. The molecule has 0 spiro atoms. The van der Waals surface area contributed by atoms with Crippen LogP contribution in [-0.4, -0.2) is 28.5 Å². The summed E-state index contributed by atoms with van der Waals surface area (Å²) in [7, 11) is 0. The van der Waals surface area contributed by atoms with Gasteiger partial charge in [-0.25, -0.2) is 4.98 Å². The van der Waals surface area contributed by atoms with Crippen LogP contribution in [0.3, 0.4) is 0 Å². The number of anilines is 1. The Morgan fingerprint density at radius 3 is 2.74 bits per heavy atom. The molecular weight excluding hydrogens is 240 g/mol. The maximum atomic E-state index is 11.5. The topological polar surface area (TPSA) is 66.9 Å². The third kappa shape index (κ3) is 3.91. The number of fused-ring (bicyclic) bond motifs is 1. The van der Waals surface area contributed by atoms with Gasteiger partial charge in [-0.05, 0) is 26.0 Å². The van der Waals surface area contributed by atoms with E-state index in [-0.39, 0.29) is 11.9 Å². The fraction of sp³-hybridized carbons (Fsp3) is 0.357. The quantitative estimate of drug-likeness (QED) is 0.860. The van der Waals surface area contributed by atoms with Crippen molar-refractivity contribution in [3.05, 3.63) is 30.5 Å². The molecule has 1 aromatic carbocycles. The van der Waals surface area contributed by atoms with Gasteiger partial charge in [-0.2, -0.15) is 0 Å². The Balaban J connectivity index is 1.89. The Morgan fingerprint density at radius 1 is 1.26 bits per heavy atom. The van der Waals surface area contributed by atoms with Crippen LogP contribution in [0.25, 0.3) is 11.0 Å². The first-order chi connectivity index (χ1) is 9.15. The van der Waals surface area contributed by atoms with E-state index in [1.54, 1.807) is 6.20 Å². The summed E-state index contributed by atoms with van der Waals surface area (Å²) in [5, 5.41) is 5.95. The largest absolute Gasteiger partial charge is 0.368 e. The van der Waals surface area contributed by atoms with Crippen molar-refractivity contribution in [3.8, 4) is 0 Å². The number of rotatable bonds is 5. The van der Waals surface area contributed by atoms with Crippen LogP contribution in [0.5, 0.6) is 0 Å². The van der Waals surface area contributed by atoms with Crippen molar-refractivity contribution in [2.45, 2.75) is 26.3 Å². The molecule has 0 atom stereocenters. The lowest BCUT2D eigenvalue weighted by Gasteiger charge is -2.09. The second kappa shape index (κ2) is 6.13. The third-order valence-electron chi connectivity index (χ3n) is 2.56. The summed E-state index contributed by atoms with van der Waals surface area (Å²) < 4.78 is 0. The summed E-state index contributed by atoms with van der Waals surface area (Å²) >= 11 is 0. The van der Waals surface area contributed by atoms with E-state index in [0.29, 0.717) is 18.8 Å². The predicted molar refractivity (Wildman–Crippen MR) is 75.9 cm³/mol. The van der Waals surface area contributed by atoms with Crippen molar-refractivity contribution in [2.75, 3.05) is 11.9 Å². The Morgan fingerprint density at radius 2 is 2.00 bits per heavy atom. The Kier molecular flexibility index (Phi) is 4.28. The first-order valence-electron chi connectivity index (χ1n) is 6.40. The molecule has 19 heavy (non-hydrogen) atoms. The van der Waals surface area contributed by atoms with Crippen LogP contribution in [0.1, 0.15) is 20.3 Å². The Hall–Kier alpha value is -2.17. The molecule has 2 aromatic rings. The first-order valence-corrected chi connectivity index (χ1v) is 6.40. The minimum atomic E-state index is 0.0382. The van der Waals surface area contributed by atoms with Crippen molar-refractivity contribution >= 4 is 22.8 Å². The Labute approximate surface area is 112 Å². The van der Waals surface area contributed by atoms with Crippen LogP contribution >= 0.6 is 0 Å². The Bertz CT molecular complexity index is 568. The molecule has 2 rings (SSSR count). The molecule has 1 heterocycles. The second-order valence-corrected chi connectivity index (χ2v) is 4.64. The van der Waals surface area contributed by atoms with Gasteiger partial charge in [-0.15, -0.1) is 0 Å². The van der Waals surface area contributed by atoms with Gasteiger partial charge >= 0.3 is 0 Å². The molecule has 1 amide bonds. The number of hydrogen-bond acceptors (Lipinski definition) is 4. The summed E-state index contributed by atoms with van der Waals surface area (Å²) in [4.78, 5) is 20.2. The zero-order chi connectivity index (χ0) is 13.7. The van der Waals surface area contributed by atoms with Crippen LogP contribution < -0.4 is 10.6 Å². The average Bonchev–Trinajstić information content (AvgIpc) is 2.37. The standard InChI is InChI=1S/C14H18N4O/c1-10(2)17-14(19)7-8-15-13-9-16-11-5-3-4-6-12(11)18-13/h3-6,9-10H,7-8H2,1-2H3,(H,15,18)(H,17,19). The van der Waals surface area contributed by atoms with Crippen LogP contribution in [-0.2, 0) is 4.79 Å². The van der Waals surface area contributed by atoms with E-state index in [1.807, 2.05) is 38.1 Å². The van der Waals surface area contributed by atoms with Crippen LogP contribution in [0.15, 0.2) is 30.5 Å². The predicted octanol–water partition coefficient (Wildman–Crippen LogP) is 1.96. The third-order valence-corrected chi connectivity index (χ3v) is 2.56. The van der Waals surface area contributed by atoms with E-state index in [2.05, 4.69) is 20.6 Å². The molecule has 0 fully saturated rings. The van der Waals surface area contributed by atoms with Crippen molar-refractivity contribution in [2.24, 2.45) is 0 Å². The highest BCUT2D eigenvalue weighted by molar-refractivity contribution is 5.77. The van der Waals surface area contributed by atoms with Gasteiger partial charge in [-0.3, -0.25) is 9.78 Å². The molecule has 0 aliphatic rings. The summed E-state index contributed by atoms with van der Waals surface area (Å²) in [6, 6.07) is 7.87. The van der Waals surface area contributed by atoms with Crippen LogP contribution in [0.4, 0.5) is 5.82 Å². The minimum Gasteiger partial charge on any atom is -0.368 e. The minimum absolute atomic E-state index is 0.0382. The molecule has 0 saturated carbocycles. The number of aromatic nitrogens is 2. The first kappa shape index (κ1) is 13.3. The number of carbonyl (C=O) groups is 1. The van der Waals surface area contributed by atoms with E-state index in [4.69, 9.17) is 0 Å². The van der Waals surface area contributed by atoms with Crippen molar-refractivity contribution in [3.63, 3.8) is 0 Å². The molecule has 5 nitrogen and oxygen atoms in total. The van der Waals surface area contributed by atoms with Gasteiger partial charge in [0.2, 0.25) is 5.91 Å². The summed E-state index contributed by atoms with van der Waals surface area (Å²) in [6.45, 7) is 4.44. The summed E-state index contributed by atoms with van der Waals surface area (Å²) in [5.41, 5.74) is 1.71. The lowest BCUT2D eigenvalue weighted by molar-refractivity contribution is -0.121. The van der Waals surface area contributed by atoms with E-state index in [0.717, 1.165) is 11.0 Å². The summed E-state index contributed by atoms with van der Waals surface area (Å²) in [5.74, 6) is 0.729. The number of para-hydroxylation sites is 2. The monoisotopic (exact) mass is 258 g/mol. The molecular formula is C14H18N4O. The van der Waals surface area contributed by atoms with Gasteiger partial charge < -0.3 is 10.6 Å². The molecule has 2 N–H and O–H groups in total. The highest BCUT2D eigenvalue weighted by Gasteiger charge is 2.03. The van der Waals surface area contributed by atoms with Gasteiger partial charge in [0, 0.05) is 19.0 Å². The van der Waals surface area contributed by atoms with Crippen molar-refractivity contribution < 1.29 is 4.79 Å². The maximum Gasteiger partial charge on any atom is 0.221 e. The highest BCUT2D eigenvalue weighted by atomic mass is 16.1. The fourth-order valence-electron chi connectivity index (χ4n) is 1.74. The molecule has 0 saturated heterocycles. The average molecular weight is 258 g/mol. The van der Waals surface area contributed by atoms with Crippen LogP contribution in [0, 0.1) is 0 Å². The van der Waals surface area contributed by atoms with Crippen molar-refractivity contribution in [1.29, 1.82) is 0 Å². The molecule has 5 heteroatoms. The van der Waals surface area contributed by atoms with Gasteiger partial charge in [0.25, 0.3) is 0 Å². The van der Waals surface area contributed by atoms with Crippen LogP contribution in [0.2, 0.25) is 0 Å². The molecule has 0 aliphatic carbocycles. The number of benzene rings is 1. The normalized spacial score (nSPS) is 10.7. The number of nitrogens with zero attached hydrogens (tertiary/aromatic N) is 2. The lowest BCUT2D eigenvalue weighted by Crippen LogP contribution is -2.31. The molecule has 0 unspecified atom stereocenters. The number of hydrogen-bond donors (Lipinski definition) is 2. The van der Waals surface area contributed by atoms with Gasteiger partial charge in [-0.1, -0.05) is 12.1 Å².